The van der Waals surface area contributed by atoms with Crippen LogP contribution in [-0.4, -0.2) is 19.7 Å². The van der Waals surface area contributed by atoms with Crippen molar-refractivity contribution in [2.24, 2.45) is 0 Å². The maximum atomic E-state index is 11.7. The lowest BCUT2D eigenvalue weighted by molar-refractivity contribution is 0.581. The summed E-state index contributed by atoms with van der Waals surface area (Å²) in [5.41, 5.74) is 0.609. The number of aromatic nitrogens is 1. The number of pyridine rings is 1. The molecule has 0 N–H and O–H groups in total. The molecule has 2 aromatic rings. The topological polar surface area (TPSA) is 60.2 Å². The molecule has 0 fully saturated rings. The van der Waals surface area contributed by atoms with Gasteiger partial charge in [0.05, 0.1) is 4.47 Å². The summed E-state index contributed by atoms with van der Waals surface area (Å²) in [5.74, 6) is 0.507. The summed E-state index contributed by atoms with van der Waals surface area (Å²) >= 11 is 9.16. The van der Waals surface area contributed by atoms with E-state index in [4.69, 9.17) is 16.0 Å². The molecule has 0 spiro atoms. The number of allylic oxidation sites excluding steroid dienone is 1. The van der Waals surface area contributed by atoms with E-state index in [0.29, 0.717) is 15.7 Å². The molecule has 0 saturated heterocycles. The minimum Gasteiger partial charge on any atom is -0.452 e. The molecule has 0 atom stereocenters. The second-order valence-corrected chi connectivity index (χ2v) is 6.84. The highest BCUT2D eigenvalue weighted by atomic mass is 79.9. The normalized spacial score (nSPS) is 12.7. The molecule has 2 heterocycles. The van der Waals surface area contributed by atoms with Crippen LogP contribution in [0.4, 0.5) is 0 Å². The Kier molecular flexibility index (Phi) is 3.53. The van der Waals surface area contributed by atoms with Crippen LogP contribution in [0.25, 0.3) is 17.2 Å². The molecule has 2 aromatic heterocycles. The molecule has 0 unspecified atom stereocenters. The van der Waals surface area contributed by atoms with Gasteiger partial charge in [-0.3, -0.25) is 0 Å². The molecule has 0 aliphatic rings. The van der Waals surface area contributed by atoms with Crippen LogP contribution in [0.3, 0.4) is 0 Å². The van der Waals surface area contributed by atoms with Crippen molar-refractivity contribution in [2.45, 2.75) is 11.8 Å². The number of furan rings is 1. The summed E-state index contributed by atoms with van der Waals surface area (Å²) in [6, 6.07) is 1.29. The molecular formula is C11H9BrClNO3S. The second-order valence-electron chi connectivity index (χ2n) is 3.67. The van der Waals surface area contributed by atoms with Crippen LogP contribution >= 0.6 is 27.5 Å². The zero-order valence-corrected chi connectivity index (χ0v) is 12.7. The van der Waals surface area contributed by atoms with Gasteiger partial charge in [-0.05, 0) is 35.0 Å². The van der Waals surface area contributed by atoms with Gasteiger partial charge in [0.1, 0.15) is 21.3 Å². The third-order valence-corrected chi connectivity index (χ3v) is 4.32. The molecule has 0 bridgehead atoms. The van der Waals surface area contributed by atoms with Crippen LogP contribution in [0.5, 0.6) is 0 Å². The van der Waals surface area contributed by atoms with Crippen molar-refractivity contribution in [3.63, 3.8) is 0 Å². The van der Waals surface area contributed by atoms with Gasteiger partial charge in [0.2, 0.25) is 0 Å². The van der Waals surface area contributed by atoms with Gasteiger partial charge in [0.25, 0.3) is 0 Å². The first-order chi connectivity index (χ1) is 8.34. The van der Waals surface area contributed by atoms with Crippen LogP contribution in [-0.2, 0) is 9.84 Å². The lowest BCUT2D eigenvalue weighted by Gasteiger charge is -1.99. The number of rotatable bonds is 2. The molecule has 7 heteroatoms. The van der Waals surface area contributed by atoms with Crippen LogP contribution in [0, 0.1) is 0 Å². The molecule has 0 aliphatic heterocycles. The number of nitrogens with zero attached hydrogens (tertiary/aromatic N) is 1. The van der Waals surface area contributed by atoms with Gasteiger partial charge < -0.3 is 4.42 Å². The maximum absolute atomic E-state index is 11.7. The summed E-state index contributed by atoms with van der Waals surface area (Å²) in [7, 11) is -3.43. The summed E-state index contributed by atoms with van der Waals surface area (Å²) in [6.45, 7) is 1.83. The number of fused-ring (bicyclic) bond motifs is 1. The monoisotopic (exact) mass is 349 g/mol. The van der Waals surface area contributed by atoms with Gasteiger partial charge in [-0.2, -0.15) is 0 Å². The zero-order valence-electron chi connectivity index (χ0n) is 9.57. The van der Waals surface area contributed by atoms with Crippen LogP contribution in [0.2, 0.25) is 5.15 Å². The Balaban J connectivity index is 2.93. The van der Waals surface area contributed by atoms with Gasteiger partial charge in [-0.25, -0.2) is 13.4 Å². The Morgan fingerprint density at radius 3 is 2.72 bits per heavy atom. The van der Waals surface area contributed by atoms with Gasteiger partial charge in [-0.1, -0.05) is 17.7 Å². The van der Waals surface area contributed by atoms with E-state index in [1.54, 1.807) is 12.2 Å². The van der Waals surface area contributed by atoms with Crippen molar-refractivity contribution >= 4 is 54.5 Å². The molecular weight excluding hydrogens is 342 g/mol. The van der Waals surface area contributed by atoms with E-state index >= 15 is 0 Å². The number of hydrogen-bond donors (Lipinski definition) is 0. The second kappa shape index (κ2) is 4.68. The highest BCUT2D eigenvalue weighted by Crippen LogP contribution is 2.35. The Morgan fingerprint density at radius 1 is 1.50 bits per heavy atom. The third kappa shape index (κ3) is 2.32. The van der Waals surface area contributed by atoms with Crippen molar-refractivity contribution in [1.29, 1.82) is 0 Å². The van der Waals surface area contributed by atoms with E-state index < -0.39 is 9.84 Å². The Bertz CT molecular complexity index is 749. The molecule has 0 radical (unpaired) electrons. The minimum atomic E-state index is -3.43. The first-order valence-corrected chi connectivity index (χ1v) is 8.02. The average molecular weight is 351 g/mol. The number of hydrogen-bond acceptors (Lipinski definition) is 4. The first kappa shape index (κ1) is 13.6. The van der Waals surface area contributed by atoms with Crippen LogP contribution in [0.15, 0.2) is 25.9 Å². The summed E-state index contributed by atoms with van der Waals surface area (Å²) in [5, 5.41) is 0.108. The Morgan fingerprint density at radius 2 is 2.17 bits per heavy atom. The molecule has 96 valence electrons. The Hall–Kier alpha value is -0.850. The molecule has 18 heavy (non-hydrogen) atoms. The van der Waals surface area contributed by atoms with E-state index in [9.17, 15) is 8.42 Å². The zero-order chi connectivity index (χ0) is 13.5. The smallest absolute Gasteiger partial charge is 0.179 e. The predicted octanol–water partition coefficient (Wildman–Crippen LogP) is 3.68. The lowest BCUT2D eigenvalue weighted by atomic mass is 10.3. The van der Waals surface area contributed by atoms with Gasteiger partial charge in [0.15, 0.2) is 15.4 Å². The van der Waals surface area contributed by atoms with Crippen LogP contribution in [0.1, 0.15) is 12.7 Å². The fourth-order valence-corrected chi connectivity index (χ4v) is 3.07. The van der Waals surface area contributed by atoms with E-state index in [2.05, 4.69) is 20.9 Å². The number of halogens is 2. The summed E-state index contributed by atoms with van der Waals surface area (Å²) < 4.78 is 29.5. The van der Waals surface area contributed by atoms with Gasteiger partial charge in [0, 0.05) is 6.26 Å². The highest BCUT2D eigenvalue weighted by Gasteiger charge is 2.21. The van der Waals surface area contributed by atoms with Gasteiger partial charge in [-0.15, -0.1) is 0 Å². The largest absolute Gasteiger partial charge is 0.452 e. The van der Waals surface area contributed by atoms with E-state index in [0.717, 1.165) is 6.26 Å². The minimum absolute atomic E-state index is 0.0361. The third-order valence-electron chi connectivity index (χ3n) is 2.26. The molecule has 0 amide bonds. The molecule has 0 aliphatic carbocycles. The quantitative estimate of drug-likeness (QED) is 0.775. The van der Waals surface area contributed by atoms with E-state index in [1.165, 1.54) is 6.07 Å². The summed E-state index contributed by atoms with van der Waals surface area (Å²) in [4.78, 5) is 4.11. The van der Waals surface area contributed by atoms with Crippen molar-refractivity contribution < 1.29 is 12.8 Å². The average Bonchev–Trinajstić information content (AvgIpc) is 2.55. The first-order valence-electron chi connectivity index (χ1n) is 4.96. The fraction of sp³-hybridized carbons (Fsp3) is 0.182. The molecule has 0 aromatic carbocycles. The summed E-state index contributed by atoms with van der Waals surface area (Å²) in [6.07, 6.45) is 4.60. The van der Waals surface area contributed by atoms with E-state index in [1.807, 2.05) is 6.92 Å². The fourth-order valence-electron chi connectivity index (χ4n) is 1.53. The maximum Gasteiger partial charge on any atom is 0.179 e. The number of sulfone groups is 1. The molecule has 2 rings (SSSR count). The van der Waals surface area contributed by atoms with Crippen molar-refractivity contribution in [3.8, 4) is 0 Å². The van der Waals surface area contributed by atoms with Crippen LogP contribution < -0.4 is 0 Å². The lowest BCUT2D eigenvalue weighted by Crippen LogP contribution is -1.98. The SMILES string of the molecule is C/C=C\c1oc2c(S(C)(=O)=O)cc(Cl)nc2c1Br. The molecule has 0 saturated carbocycles. The van der Waals surface area contributed by atoms with E-state index in [-0.39, 0.29) is 15.6 Å². The van der Waals surface area contributed by atoms with Crippen molar-refractivity contribution in [3.05, 3.63) is 27.5 Å². The van der Waals surface area contributed by atoms with Crippen molar-refractivity contribution in [2.75, 3.05) is 6.26 Å². The highest BCUT2D eigenvalue weighted by molar-refractivity contribution is 9.10. The molecule has 4 nitrogen and oxygen atoms in total. The van der Waals surface area contributed by atoms with Gasteiger partial charge >= 0.3 is 0 Å². The Labute approximate surface area is 118 Å². The van der Waals surface area contributed by atoms with Crippen molar-refractivity contribution in [1.82, 2.24) is 4.98 Å². The standard InChI is InChI=1S/C11H9BrClNO3S/c1-3-4-6-9(12)10-11(17-6)7(18(2,15)16)5-8(13)14-10/h3-5H,1-2H3/b4-3-. The predicted molar refractivity (Wildman–Crippen MR) is 74.5 cm³/mol.